The van der Waals surface area contributed by atoms with E-state index >= 15 is 0 Å². The van der Waals surface area contributed by atoms with Crippen LogP contribution in [0.15, 0.2) is 0 Å². The molecule has 0 aliphatic heterocycles. The monoisotopic (exact) mass is 296 g/mol. The molecule has 0 spiro atoms. The maximum atomic E-state index is 12.0. The smallest absolute Gasteiger partial charge is 0.315 e. The number of amides is 2. The van der Waals surface area contributed by atoms with Gasteiger partial charge in [0.2, 0.25) is 0 Å². The van der Waals surface area contributed by atoms with Crippen LogP contribution < -0.4 is 10.6 Å². The first-order valence-corrected chi connectivity index (χ1v) is 8.33. The van der Waals surface area contributed by atoms with Crippen molar-refractivity contribution in [3.63, 3.8) is 0 Å². The molecular weight excluding hydrogens is 268 g/mol. The highest BCUT2D eigenvalue weighted by atomic mass is 16.5. The summed E-state index contributed by atoms with van der Waals surface area (Å²) in [6.45, 7) is 0.568. The lowest BCUT2D eigenvalue weighted by Crippen LogP contribution is -2.46. The van der Waals surface area contributed by atoms with Gasteiger partial charge in [0, 0.05) is 12.6 Å². The Morgan fingerprint density at radius 1 is 1.00 bits per heavy atom. The Bertz CT molecular complexity index is 353. The van der Waals surface area contributed by atoms with E-state index in [0.29, 0.717) is 12.6 Å². The molecule has 2 rings (SSSR count). The number of rotatable bonds is 4. The molecule has 0 aromatic rings. The minimum atomic E-state index is -0.130. The molecule has 0 heterocycles. The van der Waals surface area contributed by atoms with E-state index < -0.39 is 0 Å². The first kappa shape index (κ1) is 16.1. The lowest BCUT2D eigenvalue weighted by Gasteiger charge is -2.30. The summed E-state index contributed by atoms with van der Waals surface area (Å²) in [5, 5.41) is 6.00. The summed E-state index contributed by atoms with van der Waals surface area (Å²) in [7, 11) is 1.44. The molecule has 120 valence electrons. The van der Waals surface area contributed by atoms with Gasteiger partial charge in [-0.2, -0.15) is 0 Å². The number of carbonyl (C=O) groups excluding carboxylic acids is 2. The van der Waals surface area contributed by atoms with Crippen molar-refractivity contribution in [2.45, 2.75) is 63.8 Å². The van der Waals surface area contributed by atoms with E-state index in [0.717, 1.165) is 38.5 Å². The maximum Gasteiger partial charge on any atom is 0.315 e. The molecule has 0 radical (unpaired) electrons. The van der Waals surface area contributed by atoms with Crippen molar-refractivity contribution in [2.75, 3.05) is 13.7 Å². The minimum absolute atomic E-state index is 0.0567. The second-order valence-corrected chi connectivity index (χ2v) is 6.36. The van der Waals surface area contributed by atoms with Gasteiger partial charge < -0.3 is 15.4 Å². The first-order valence-electron chi connectivity index (χ1n) is 8.33. The van der Waals surface area contributed by atoms with E-state index in [-0.39, 0.29) is 23.8 Å². The van der Waals surface area contributed by atoms with Crippen molar-refractivity contribution < 1.29 is 14.3 Å². The topological polar surface area (TPSA) is 67.4 Å². The normalized spacial score (nSPS) is 26.9. The van der Waals surface area contributed by atoms with Crippen LogP contribution in [0, 0.1) is 11.8 Å². The van der Waals surface area contributed by atoms with Crippen LogP contribution in [0.5, 0.6) is 0 Å². The molecule has 2 fully saturated rings. The van der Waals surface area contributed by atoms with E-state index in [2.05, 4.69) is 10.6 Å². The number of hydrogen-bond donors (Lipinski definition) is 2. The number of nitrogens with one attached hydrogen (secondary N) is 2. The van der Waals surface area contributed by atoms with Crippen LogP contribution in [0.25, 0.3) is 0 Å². The molecular formula is C16H28N2O3. The lowest BCUT2D eigenvalue weighted by molar-refractivity contribution is -0.148. The number of ether oxygens (including phenoxy) is 1. The zero-order valence-electron chi connectivity index (χ0n) is 13.0. The third-order valence-corrected chi connectivity index (χ3v) is 4.88. The summed E-state index contributed by atoms with van der Waals surface area (Å²) in [6.07, 6.45) is 9.93. The summed E-state index contributed by atoms with van der Waals surface area (Å²) in [5.74, 6) is 0.0243. The van der Waals surface area contributed by atoms with Gasteiger partial charge in [-0.25, -0.2) is 4.79 Å². The largest absolute Gasteiger partial charge is 0.469 e. The van der Waals surface area contributed by atoms with Gasteiger partial charge in [-0.3, -0.25) is 4.79 Å². The second-order valence-electron chi connectivity index (χ2n) is 6.36. The van der Waals surface area contributed by atoms with Gasteiger partial charge in [-0.15, -0.1) is 0 Å². The van der Waals surface area contributed by atoms with E-state index in [1.165, 1.54) is 26.4 Å². The molecule has 2 unspecified atom stereocenters. The first-order chi connectivity index (χ1) is 10.2. The highest BCUT2D eigenvalue weighted by Crippen LogP contribution is 2.30. The highest BCUT2D eigenvalue weighted by Gasteiger charge is 2.31. The molecule has 0 aromatic carbocycles. The van der Waals surface area contributed by atoms with Crippen LogP contribution >= 0.6 is 0 Å². The van der Waals surface area contributed by atoms with E-state index in [4.69, 9.17) is 4.74 Å². The predicted molar refractivity (Wildman–Crippen MR) is 80.9 cm³/mol. The Balaban J connectivity index is 1.74. The fraction of sp³-hybridized carbons (Fsp3) is 0.875. The van der Waals surface area contributed by atoms with Crippen LogP contribution in [-0.2, 0) is 9.53 Å². The Kier molecular flexibility index (Phi) is 6.33. The fourth-order valence-corrected chi connectivity index (χ4v) is 3.62. The van der Waals surface area contributed by atoms with Gasteiger partial charge in [0.05, 0.1) is 13.0 Å². The number of methoxy groups -OCH3 is 1. The molecule has 5 heteroatoms. The van der Waals surface area contributed by atoms with Crippen LogP contribution in [0.4, 0.5) is 4.79 Å². The van der Waals surface area contributed by atoms with Crippen molar-refractivity contribution >= 4 is 12.0 Å². The third-order valence-electron chi connectivity index (χ3n) is 4.88. The summed E-state index contributed by atoms with van der Waals surface area (Å²) in [6, 6.07) is 0.234. The van der Waals surface area contributed by atoms with Gasteiger partial charge in [-0.1, -0.05) is 32.1 Å². The molecule has 2 N–H and O–H groups in total. The molecule has 0 bridgehead atoms. The maximum absolute atomic E-state index is 12.0. The van der Waals surface area contributed by atoms with Crippen LogP contribution in [0.1, 0.15) is 57.8 Å². The highest BCUT2D eigenvalue weighted by molar-refractivity contribution is 5.75. The summed E-state index contributed by atoms with van der Waals surface area (Å²) in [4.78, 5) is 23.7. The average Bonchev–Trinajstić information content (AvgIpc) is 2.53. The van der Waals surface area contributed by atoms with Gasteiger partial charge >= 0.3 is 12.0 Å². The van der Waals surface area contributed by atoms with E-state index in [1.54, 1.807) is 0 Å². The quantitative estimate of drug-likeness (QED) is 0.784. The Hall–Kier alpha value is -1.26. The molecule has 2 saturated carbocycles. The van der Waals surface area contributed by atoms with Gasteiger partial charge in [-0.05, 0) is 31.6 Å². The molecule has 2 amide bonds. The number of hydrogen-bond acceptors (Lipinski definition) is 3. The standard InChI is InChI=1S/C16H28N2O3/c1-21-15(19)14-10-6-5-7-12(14)11-17-16(20)18-13-8-3-2-4-9-13/h12-14H,2-11H2,1H3,(H2,17,18,20). The molecule has 21 heavy (non-hydrogen) atoms. The fourth-order valence-electron chi connectivity index (χ4n) is 3.62. The van der Waals surface area contributed by atoms with Crippen molar-refractivity contribution in [3.05, 3.63) is 0 Å². The molecule has 0 aromatic heterocycles. The van der Waals surface area contributed by atoms with Gasteiger partial charge in [0.25, 0.3) is 0 Å². The van der Waals surface area contributed by atoms with E-state index in [9.17, 15) is 9.59 Å². The molecule has 2 aliphatic rings. The Labute approximate surface area is 127 Å². The summed E-state index contributed by atoms with van der Waals surface area (Å²) >= 11 is 0. The van der Waals surface area contributed by atoms with Crippen molar-refractivity contribution in [1.82, 2.24) is 10.6 Å². The van der Waals surface area contributed by atoms with Crippen molar-refractivity contribution in [3.8, 4) is 0 Å². The zero-order valence-corrected chi connectivity index (χ0v) is 13.0. The predicted octanol–water partition coefficient (Wildman–Crippen LogP) is 2.60. The number of urea groups is 1. The van der Waals surface area contributed by atoms with Crippen molar-refractivity contribution in [2.24, 2.45) is 11.8 Å². The number of carbonyl (C=O) groups is 2. The van der Waals surface area contributed by atoms with Gasteiger partial charge in [0.1, 0.15) is 0 Å². The second kappa shape index (κ2) is 8.25. The van der Waals surface area contributed by atoms with Crippen molar-refractivity contribution in [1.29, 1.82) is 0 Å². The third kappa shape index (κ3) is 4.90. The molecule has 2 aliphatic carbocycles. The van der Waals surface area contributed by atoms with Crippen LogP contribution in [-0.4, -0.2) is 31.7 Å². The van der Waals surface area contributed by atoms with Gasteiger partial charge in [0.15, 0.2) is 0 Å². The average molecular weight is 296 g/mol. The SMILES string of the molecule is COC(=O)C1CCCCC1CNC(=O)NC1CCCCC1. The summed E-state index contributed by atoms with van der Waals surface area (Å²) in [5.41, 5.74) is 0. The Morgan fingerprint density at radius 2 is 1.67 bits per heavy atom. The lowest BCUT2D eigenvalue weighted by atomic mass is 9.79. The minimum Gasteiger partial charge on any atom is -0.469 e. The zero-order chi connectivity index (χ0) is 15.1. The van der Waals surface area contributed by atoms with Crippen LogP contribution in [0.3, 0.4) is 0 Å². The van der Waals surface area contributed by atoms with Crippen LogP contribution in [0.2, 0.25) is 0 Å². The Morgan fingerprint density at radius 3 is 2.38 bits per heavy atom. The molecule has 2 atom stereocenters. The summed E-state index contributed by atoms with van der Waals surface area (Å²) < 4.78 is 4.88. The molecule has 0 saturated heterocycles. The number of esters is 1. The van der Waals surface area contributed by atoms with E-state index in [1.807, 2.05) is 0 Å². The molecule has 5 nitrogen and oxygen atoms in total.